The first-order valence-electron chi connectivity index (χ1n) is 12.7. The van der Waals surface area contributed by atoms with Gasteiger partial charge in [-0.05, 0) is 61.5 Å². The van der Waals surface area contributed by atoms with Gasteiger partial charge in [0.25, 0.3) is 6.43 Å². The molecule has 0 aliphatic carbocycles. The molecule has 15 heteroatoms. The number of alkyl halides is 2. The molecule has 1 saturated heterocycles. The average molecular weight is 613 g/mol. The minimum atomic E-state index is -3.74. The molecule has 2 heterocycles. The van der Waals surface area contributed by atoms with E-state index in [2.05, 4.69) is 10.1 Å². The van der Waals surface area contributed by atoms with Crippen molar-refractivity contribution in [2.45, 2.75) is 63.7 Å². The summed E-state index contributed by atoms with van der Waals surface area (Å²) < 4.78 is 52.6. The highest BCUT2D eigenvalue weighted by atomic mass is 32.5. The van der Waals surface area contributed by atoms with Crippen LogP contribution < -0.4 is 21.0 Å². The van der Waals surface area contributed by atoms with E-state index in [9.17, 15) is 23.5 Å². The minimum absolute atomic E-state index is 0.0788. The van der Waals surface area contributed by atoms with Crippen LogP contribution in [0, 0.1) is 0 Å². The van der Waals surface area contributed by atoms with Gasteiger partial charge < -0.3 is 29.4 Å². The number of aromatic nitrogens is 2. The monoisotopic (exact) mass is 612 g/mol. The number of hydrogen-bond acceptors (Lipinski definition) is 10. The predicted molar refractivity (Wildman–Crippen MR) is 151 cm³/mol. The molecule has 2 aromatic carbocycles. The molecule has 222 valence electrons. The fourth-order valence-corrected chi connectivity index (χ4v) is 6.68. The number of rotatable bonds is 11. The van der Waals surface area contributed by atoms with Gasteiger partial charge in [-0.1, -0.05) is 30.3 Å². The summed E-state index contributed by atoms with van der Waals surface area (Å²) in [6, 6.07) is 12.9. The summed E-state index contributed by atoms with van der Waals surface area (Å²) in [6.07, 6.45) is -5.97. The number of fused-ring (bicyclic) bond motifs is 1. The minimum Gasteiger partial charge on any atom is -0.462 e. The Labute approximate surface area is 239 Å². The van der Waals surface area contributed by atoms with E-state index < -0.39 is 67.8 Å². The van der Waals surface area contributed by atoms with Crippen molar-refractivity contribution in [3.63, 3.8) is 0 Å². The molecule has 5 atom stereocenters. The van der Waals surface area contributed by atoms with Crippen LogP contribution in [0.15, 0.2) is 59.5 Å². The van der Waals surface area contributed by atoms with E-state index in [0.29, 0.717) is 0 Å². The quantitative estimate of drug-likeness (QED) is 0.216. The third-order valence-corrected chi connectivity index (χ3v) is 8.72. The van der Waals surface area contributed by atoms with Gasteiger partial charge >= 0.3 is 18.3 Å². The number of carbonyl (C=O) groups excluding carboxylic acids is 1. The van der Waals surface area contributed by atoms with Crippen molar-refractivity contribution in [2.24, 2.45) is 0 Å². The fourth-order valence-electron chi connectivity index (χ4n) is 4.25. The van der Waals surface area contributed by atoms with E-state index in [-0.39, 0.29) is 11.6 Å². The molecule has 41 heavy (non-hydrogen) atoms. The lowest BCUT2D eigenvalue weighted by molar-refractivity contribution is -0.169. The number of carbonyl (C=O) groups is 1. The molecule has 11 nitrogen and oxygen atoms in total. The fraction of sp³-hybridized carbons (Fsp3) is 0.423. The number of anilines is 1. The molecule has 4 N–H and O–H groups in total. The highest BCUT2D eigenvalue weighted by Crippen LogP contribution is 2.49. The lowest BCUT2D eigenvalue weighted by atomic mass is 10.0. The number of nitrogens with two attached hydrogens (primary N) is 1. The van der Waals surface area contributed by atoms with Crippen molar-refractivity contribution in [3.8, 4) is 5.75 Å². The van der Waals surface area contributed by atoms with Crippen LogP contribution in [0.25, 0.3) is 10.8 Å². The highest BCUT2D eigenvalue weighted by molar-refractivity contribution is 8.09. The Bertz CT molecular complexity index is 1510. The topological polar surface area (TPSA) is 147 Å². The second-order valence-electron chi connectivity index (χ2n) is 9.90. The third-order valence-electron chi connectivity index (χ3n) is 6.25. The number of benzene rings is 2. The summed E-state index contributed by atoms with van der Waals surface area (Å²) in [5.74, 6) is -0.448. The summed E-state index contributed by atoms with van der Waals surface area (Å²) in [5.41, 5.74) is 2.25. The smallest absolute Gasteiger partial charge is 0.351 e. The zero-order chi connectivity index (χ0) is 29.9. The summed E-state index contributed by atoms with van der Waals surface area (Å²) in [4.78, 5) is 28.4. The second kappa shape index (κ2) is 12.5. The highest BCUT2D eigenvalue weighted by Gasteiger charge is 2.54. The number of aliphatic hydroxyl groups excluding tert-OH is 1. The lowest BCUT2D eigenvalue weighted by Crippen LogP contribution is -2.44. The van der Waals surface area contributed by atoms with Crippen molar-refractivity contribution in [1.82, 2.24) is 14.6 Å². The zero-order valence-corrected chi connectivity index (χ0v) is 24.2. The normalized spacial score (nSPS) is 23.0. The maximum atomic E-state index is 14.5. The summed E-state index contributed by atoms with van der Waals surface area (Å²) in [6.45, 7) is 0.255. The molecule has 1 aromatic heterocycles. The zero-order valence-electron chi connectivity index (χ0n) is 22.5. The van der Waals surface area contributed by atoms with E-state index >= 15 is 0 Å². The van der Waals surface area contributed by atoms with Crippen LogP contribution in [0.2, 0.25) is 0 Å². The van der Waals surface area contributed by atoms with Crippen LogP contribution >= 0.6 is 6.64 Å². The summed E-state index contributed by atoms with van der Waals surface area (Å²) >= 11 is 5.68. The van der Waals surface area contributed by atoms with Crippen molar-refractivity contribution in [1.29, 1.82) is 0 Å². The van der Waals surface area contributed by atoms with Crippen molar-refractivity contribution < 1.29 is 37.2 Å². The van der Waals surface area contributed by atoms with Gasteiger partial charge in [0, 0.05) is 12.6 Å². The number of esters is 1. The summed E-state index contributed by atoms with van der Waals surface area (Å²) in [5, 5.41) is 15.2. The maximum absolute atomic E-state index is 14.5. The Morgan fingerprint density at radius 2 is 1.98 bits per heavy atom. The van der Waals surface area contributed by atoms with E-state index in [1.807, 2.05) is 24.3 Å². The van der Waals surface area contributed by atoms with Crippen LogP contribution in [0.1, 0.15) is 33.4 Å². The number of aliphatic hydroxyl groups is 1. The third kappa shape index (κ3) is 7.26. The van der Waals surface area contributed by atoms with Gasteiger partial charge in [-0.25, -0.2) is 18.7 Å². The molecule has 0 amide bonds. The number of ether oxygens (including phenoxy) is 2. The number of nitrogens with zero attached hydrogens (tertiary/aromatic N) is 2. The van der Waals surface area contributed by atoms with Gasteiger partial charge in [0.15, 0.2) is 11.8 Å². The Morgan fingerprint density at radius 1 is 1.27 bits per heavy atom. The average Bonchev–Trinajstić information content (AvgIpc) is 3.24. The van der Waals surface area contributed by atoms with Crippen molar-refractivity contribution in [3.05, 3.63) is 65.2 Å². The molecular formula is C26H31F2N4O7PS. The molecule has 3 aromatic rings. The first-order valence-corrected chi connectivity index (χ1v) is 15.3. The van der Waals surface area contributed by atoms with E-state index in [1.54, 1.807) is 32.0 Å². The molecule has 0 bridgehead atoms. The van der Waals surface area contributed by atoms with Crippen LogP contribution in [0.5, 0.6) is 5.75 Å². The summed E-state index contributed by atoms with van der Waals surface area (Å²) in [7, 11) is 0. The molecular weight excluding hydrogens is 581 g/mol. The predicted octanol–water partition coefficient (Wildman–Crippen LogP) is 3.51. The van der Waals surface area contributed by atoms with Gasteiger partial charge in [0.05, 0.1) is 12.7 Å². The maximum Gasteiger partial charge on any atom is 0.351 e. The number of nitrogen functional groups attached to an aromatic ring is 1. The van der Waals surface area contributed by atoms with Gasteiger partial charge in [-0.2, -0.15) is 4.98 Å². The molecule has 0 radical (unpaired) electrons. The largest absolute Gasteiger partial charge is 0.462 e. The van der Waals surface area contributed by atoms with Crippen LogP contribution in [-0.4, -0.2) is 57.5 Å². The van der Waals surface area contributed by atoms with Crippen LogP contribution in [-0.2, 0) is 30.6 Å². The Balaban J connectivity index is 1.61. The molecule has 4 rings (SSSR count). The molecule has 5 unspecified atom stereocenters. The first kappa shape index (κ1) is 30.9. The second-order valence-corrected chi connectivity index (χ2v) is 13.0. The number of hydrogen-bond donors (Lipinski definition) is 3. The Kier molecular flexibility index (Phi) is 9.42. The number of halogens is 2. The molecule has 1 fully saturated rings. The van der Waals surface area contributed by atoms with E-state index in [1.165, 1.54) is 19.2 Å². The standard InChI is InChI=1S/C26H31F2N4O7PS/c1-15(2)37-23(34)16(3)31-40(41,39-19-9-8-17-6-4-5-7-18(17)12-19)36-14-26(24(27)28)13-20(33)22(38-26)32-11-10-21(29)30-25(32)35/h4-12,15-16,20,22,24,33H,13-14H2,1-3H3,(H,31,41)(H2,29,30,35). The van der Waals surface area contributed by atoms with E-state index in [4.69, 9.17) is 36.1 Å². The van der Waals surface area contributed by atoms with Crippen molar-refractivity contribution in [2.75, 3.05) is 12.3 Å². The first-order chi connectivity index (χ1) is 19.3. The van der Waals surface area contributed by atoms with Crippen LogP contribution in [0.4, 0.5) is 14.6 Å². The van der Waals surface area contributed by atoms with E-state index in [0.717, 1.165) is 15.3 Å². The lowest BCUT2D eigenvalue weighted by Gasteiger charge is -2.32. The van der Waals surface area contributed by atoms with Gasteiger partial charge in [-0.15, -0.1) is 0 Å². The number of nitrogens with one attached hydrogen (secondary N) is 1. The Hall–Kier alpha value is -3.00. The van der Waals surface area contributed by atoms with Crippen molar-refractivity contribution >= 4 is 41.0 Å². The van der Waals surface area contributed by atoms with Crippen LogP contribution in [0.3, 0.4) is 0 Å². The molecule has 1 aliphatic rings. The molecule has 0 spiro atoms. The molecule has 0 saturated carbocycles. The SMILES string of the molecule is CC(C)OC(=O)C(C)NP(=S)(OCC1(C(F)F)CC(O)C(n2ccc(N)nc2=O)O1)Oc1ccc2ccccc2c1. The Morgan fingerprint density at radius 3 is 2.63 bits per heavy atom. The molecule has 1 aliphatic heterocycles. The van der Waals surface area contributed by atoms with Gasteiger partial charge in [0.1, 0.15) is 23.7 Å². The van der Waals surface area contributed by atoms with Gasteiger partial charge in [-0.3, -0.25) is 9.36 Å². The van der Waals surface area contributed by atoms with Gasteiger partial charge in [0.2, 0.25) is 0 Å².